The van der Waals surface area contributed by atoms with Crippen LogP contribution < -0.4 is 0 Å². The molecule has 1 heterocycles. The molecular weight excluding hydrogens is 320 g/mol. The first-order chi connectivity index (χ1) is 10.7. The summed E-state index contributed by atoms with van der Waals surface area (Å²) in [5.74, 6) is -1.45. The summed E-state index contributed by atoms with van der Waals surface area (Å²) in [5.41, 5.74) is 0. The summed E-state index contributed by atoms with van der Waals surface area (Å²) < 4.78 is 4.94. The Morgan fingerprint density at radius 3 is 2.00 bits per heavy atom. The maximum Gasteiger partial charge on any atom is 0.195 e. The molecule has 0 aromatic heterocycles. The number of Topliss-reactive ketones (excluding diaryl/α,β-unsaturated/α-hetero) is 1. The first kappa shape index (κ1) is 20.3. The number of rotatable bonds is 7. The van der Waals surface area contributed by atoms with Crippen molar-refractivity contribution >= 4 is 5.78 Å². The molecule has 11 nitrogen and oxygen atoms in total. The zero-order valence-electron chi connectivity index (χ0n) is 12.0. The molecule has 0 aromatic rings. The predicted octanol–water partition coefficient (Wildman–Crippen LogP) is -6.17. The topological polar surface area (TPSA) is 208 Å². The highest BCUT2D eigenvalue weighted by molar-refractivity contribution is 5.88. The third-order valence-corrected chi connectivity index (χ3v) is 3.73. The Morgan fingerprint density at radius 1 is 0.957 bits per heavy atom. The SMILES string of the molecule is O=C(C(O)C1O[C@H](CO)[C@@H](O)[C@H](O)[C@H]1O)[C@@H](O)[C@H](O)[C@@H](O)CO. The van der Waals surface area contributed by atoms with E-state index in [4.69, 9.17) is 20.1 Å². The van der Waals surface area contributed by atoms with E-state index in [1.165, 1.54) is 0 Å². The van der Waals surface area contributed by atoms with Crippen LogP contribution in [0.1, 0.15) is 0 Å². The lowest BCUT2D eigenvalue weighted by Crippen LogP contribution is -2.63. The van der Waals surface area contributed by atoms with Crippen molar-refractivity contribution in [2.45, 2.75) is 54.9 Å². The normalized spacial score (nSPS) is 37.0. The third-order valence-electron chi connectivity index (χ3n) is 3.73. The van der Waals surface area contributed by atoms with E-state index in [9.17, 15) is 35.4 Å². The summed E-state index contributed by atoms with van der Waals surface area (Å²) >= 11 is 0. The largest absolute Gasteiger partial charge is 0.394 e. The van der Waals surface area contributed by atoms with E-state index in [1.807, 2.05) is 0 Å². The molecule has 136 valence electrons. The number of carbonyl (C=O) groups is 1. The molecule has 0 aliphatic carbocycles. The van der Waals surface area contributed by atoms with Gasteiger partial charge in [-0.25, -0.2) is 0 Å². The Kier molecular flexibility index (Phi) is 7.41. The van der Waals surface area contributed by atoms with Crippen molar-refractivity contribution < 1.29 is 55.5 Å². The predicted molar refractivity (Wildman–Crippen MR) is 69.9 cm³/mol. The quantitative estimate of drug-likeness (QED) is 0.212. The number of aliphatic hydroxyl groups is 9. The van der Waals surface area contributed by atoms with Crippen LogP contribution in [0.15, 0.2) is 0 Å². The van der Waals surface area contributed by atoms with Crippen molar-refractivity contribution in [3.8, 4) is 0 Å². The van der Waals surface area contributed by atoms with Gasteiger partial charge in [-0.3, -0.25) is 4.79 Å². The summed E-state index contributed by atoms with van der Waals surface area (Å²) in [7, 11) is 0. The Labute approximate surface area is 130 Å². The molecule has 0 saturated carbocycles. The second kappa shape index (κ2) is 8.39. The minimum Gasteiger partial charge on any atom is -0.394 e. The molecule has 9 N–H and O–H groups in total. The van der Waals surface area contributed by atoms with Crippen LogP contribution in [0, 0.1) is 0 Å². The molecule has 0 aromatic carbocycles. The summed E-state index contributed by atoms with van der Waals surface area (Å²) in [6, 6.07) is 0. The Balaban J connectivity index is 2.85. The highest BCUT2D eigenvalue weighted by Crippen LogP contribution is 2.24. The summed E-state index contributed by atoms with van der Waals surface area (Å²) in [6.07, 6.45) is -17.1. The first-order valence-corrected chi connectivity index (χ1v) is 6.84. The molecule has 1 rings (SSSR count). The lowest BCUT2D eigenvalue weighted by Gasteiger charge is -2.41. The lowest BCUT2D eigenvalue weighted by molar-refractivity contribution is -0.248. The van der Waals surface area contributed by atoms with E-state index >= 15 is 0 Å². The van der Waals surface area contributed by atoms with Gasteiger partial charge < -0.3 is 50.7 Å². The number of hydrogen-bond donors (Lipinski definition) is 9. The molecule has 9 atom stereocenters. The number of carbonyl (C=O) groups excluding carboxylic acids is 1. The maximum absolute atomic E-state index is 11.9. The van der Waals surface area contributed by atoms with Gasteiger partial charge in [0.2, 0.25) is 0 Å². The van der Waals surface area contributed by atoms with Gasteiger partial charge in [0.25, 0.3) is 0 Å². The fourth-order valence-electron chi connectivity index (χ4n) is 2.21. The number of ketones is 1. The van der Waals surface area contributed by atoms with Crippen molar-refractivity contribution in [3.63, 3.8) is 0 Å². The Hall–Kier alpha value is -0.730. The molecule has 2 unspecified atom stereocenters. The van der Waals surface area contributed by atoms with Gasteiger partial charge in [-0.05, 0) is 0 Å². The van der Waals surface area contributed by atoms with Gasteiger partial charge in [0.15, 0.2) is 5.78 Å². The zero-order chi connectivity index (χ0) is 17.9. The number of aliphatic hydroxyl groups excluding tert-OH is 9. The summed E-state index contributed by atoms with van der Waals surface area (Å²) in [5, 5.41) is 84.6. The van der Waals surface area contributed by atoms with E-state index in [0.29, 0.717) is 0 Å². The van der Waals surface area contributed by atoms with Crippen LogP contribution in [-0.4, -0.2) is 120 Å². The average molecular weight is 342 g/mol. The van der Waals surface area contributed by atoms with Crippen LogP contribution in [0.2, 0.25) is 0 Å². The fraction of sp³-hybridized carbons (Fsp3) is 0.917. The highest BCUT2D eigenvalue weighted by atomic mass is 16.6. The molecule has 0 spiro atoms. The Morgan fingerprint density at radius 2 is 1.52 bits per heavy atom. The smallest absolute Gasteiger partial charge is 0.195 e. The van der Waals surface area contributed by atoms with E-state index in [1.54, 1.807) is 0 Å². The van der Waals surface area contributed by atoms with Gasteiger partial charge >= 0.3 is 0 Å². The molecule has 0 bridgehead atoms. The molecule has 1 fully saturated rings. The van der Waals surface area contributed by atoms with Crippen LogP contribution in [-0.2, 0) is 9.53 Å². The molecule has 23 heavy (non-hydrogen) atoms. The maximum atomic E-state index is 11.9. The van der Waals surface area contributed by atoms with Crippen molar-refractivity contribution in [2.75, 3.05) is 13.2 Å². The van der Waals surface area contributed by atoms with Gasteiger partial charge in [0, 0.05) is 0 Å². The second-order valence-corrected chi connectivity index (χ2v) is 5.33. The van der Waals surface area contributed by atoms with Crippen molar-refractivity contribution in [1.29, 1.82) is 0 Å². The van der Waals surface area contributed by atoms with E-state index in [0.717, 1.165) is 0 Å². The van der Waals surface area contributed by atoms with Gasteiger partial charge in [0.1, 0.15) is 54.9 Å². The van der Waals surface area contributed by atoms with Gasteiger partial charge in [-0.2, -0.15) is 0 Å². The molecule has 0 radical (unpaired) electrons. The molecule has 1 aliphatic heterocycles. The minimum atomic E-state index is -2.31. The van der Waals surface area contributed by atoms with Gasteiger partial charge in [0.05, 0.1) is 13.2 Å². The van der Waals surface area contributed by atoms with Crippen LogP contribution in [0.25, 0.3) is 0 Å². The fourth-order valence-corrected chi connectivity index (χ4v) is 2.21. The molecule has 1 saturated heterocycles. The lowest BCUT2D eigenvalue weighted by atomic mass is 9.89. The number of ether oxygens (including phenoxy) is 1. The first-order valence-electron chi connectivity index (χ1n) is 6.84. The zero-order valence-corrected chi connectivity index (χ0v) is 12.0. The molecule has 11 heteroatoms. The highest BCUT2D eigenvalue weighted by Gasteiger charge is 2.49. The monoisotopic (exact) mass is 342 g/mol. The van der Waals surface area contributed by atoms with Crippen molar-refractivity contribution in [3.05, 3.63) is 0 Å². The third kappa shape index (κ3) is 4.22. The van der Waals surface area contributed by atoms with Crippen molar-refractivity contribution in [1.82, 2.24) is 0 Å². The van der Waals surface area contributed by atoms with Crippen LogP contribution >= 0.6 is 0 Å². The van der Waals surface area contributed by atoms with E-state index in [2.05, 4.69) is 0 Å². The molecular formula is C12H22O11. The van der Waals surface area contributed by atoms with Crippen LogP contribution in [0.3, 0.4) is 0 Å². The van der Waals surface area contributed by atoms with Crippen LogP contribution in [0.4, 0.5) is 0 Å². The van der Waals surface area contributed by atoms with Crippen LogP contribution in [0.5, 0.6) is 0 Å². The standard InChI is InChI=1S/C12H22O11/c13-1-3(15)5(16)7(18)9(20)11(22)12-10(21)8(19)6(17)4(2-14)23-12/h3-8,10-19,21-22H,1-2H2/t3-,4+,5+,6+,7-,8-,10+,11?,12?/m0/s1. The minimum absolute atomic E-state index is 0.781. The summed E-state index contributed by atoms with van der Waals surface area (Å²) in [4.78, 5) is 11.9. The second-order valence-electron chi connectivity index (χ2n) is 5.33. The summed E-state index contributed by atoms with van der Waals surface area (Å²) in [6.45, 7) is -1.74. The average Bonchev–Trinajstić information content (AvgIpc) is 2.56. The van der Waals surface area contributed by atoms with Gasteiger partial charge in [-0.15, -0.1) is 0 Å². The number of hydrogen-bond acceptors (Lipinski definition) is 11. The van der Waals surface area contributed by atoms with E-state index < -0.39 is 73.9 Å². The molecule has 1 aliphatic rings. The Bertz CT molecular complexity index is 389. The van der Waals surface area contributed by atoms with Gasteiger partial charge in [-0.1, -0.05) is 0 Å². The van der Waals surface area contributed by atoms with E-state index in [-0.39, 0.29) is 0 Å². The van der Waals surface area contributed by atoms with Crippen molar-refractivity contribution in [2.24, 2.45) is 0 Å². The molecule has 0 amide bonds.